The molecule has 2 aromatic carbocycles. The molecule has 0 spiro atoms. The first kappa shape index (κ1) is 22.0. The van der Waals surface area contributed by atoms with Gasteiger partial charge in [0.2, 0.25) is 0 Å². The van der Waals surface area contributed by atoms with Crippen LogP contribution in [-0.2, 0) is 14.3 Å². The van der Waals surface area contributed by atoms with Gasteiger partial charge in [0.15, 0.2) is 12.4 Å². The van der Waals surface area contributed by atoms with Gasteiger partial charge in [0.05, 0.1) is 12.3 Å². The van der Waals surface area contributed by atoms with Crippen LogP contribution in [0.4, 0.5) is 0 Å². The summed E-state index contributed by atoms with van der Waals surface area (Å²) in [5.41, 5.74) is 3.17. The average molecular weight is 498 g/mol. The van der Waals surface area contributed by atoms with Gasteiger partial charge in [-0.1, -0.05) is 40.2 Å². The molecular formula is C24H20BrNO6. The van der Waals surface area contributed by atoms with Crippen LogP contribution in [0.2, 0.25) is 0 Å². The highest BCUT2D eigenvalue weighted by molar-refractivity contribution is 9.10. The maximum absolute atomic E-state index is 13.5. The zero-order valence-electron chi connectivity index (χ0n) is 17.4. The molecule has 0 saturated heterocycles. The molecule has 7 nitrogen and oxygen atoms in total. The number of carboxylic acid groups (broad SMARTS) is 1. The van der Waals surface area contributed by atoms with Crippen LogP contribution in [0, 0.1) is 5.92 Å². The number of esters is 1. The number of rotatable bonds is 6. The standard InChI is InChI=1S/C24H20BrNO6/c1-3-31-24(30)19-12(2)26-22-14-6-4-5-7-15(14)23(29)21(22)20(19)16-10-13(25)8-9-17(16)32-11-18(27)28/h4-10,19-20H,3,11H2,1-2H3,(H,27,28). The molecule has 0 amide bonds. The summed E-state index contributed by atoms with van der Waals surface area (Å²) in [5, 5.41) is 9.10. The summed E-state index contributed by atoms with van der Waals surface area (Å²) < 4.78 is 11.6. The van der Waals surface area contributed by atoms with Gasteiger partial charge >= 0.3 is 11.9 Å². The molecule has 2 unspecified atom stereocenters. The number of ketones is 1. The number of carbonyl (C=O) groups is 3. The Morgan fingerprint density at radius 3 is 2.56 bits per heavy atom. The van der Waals surface area contributed by atoms with Crippen molar-refractivity contribution >= 4 is 45.1 Å². The Morgan fingerprint density at radius 2 is 1.88 bits per heavy atom. The Balaban J connectivity index is 1.94. The van der Waals surface area contributed by atoms with Crippen molar-refractivity contribution in [3.63, 3.8) is 0 Å². The number of carboxylic acids is 1. The monoisotopic (exact) mass is 497 g/mol. The number of Topliss-reactive ketones (excluding diaryl/α,β-unsaturated/α-hetero) is 1. The maximum atomic E-state index is 13.5. The topological polar surface area (TPSA) is 102 Å². The fraction of sp³-hybridized carbons (Fsp3) is 0.250. The molecule has 0 aromatic heterocycles. The molecule has 4 rings (SSSR count). The molecule has 1 aliphatic heterocycles. The summed E-state index contributed by atoms with van der Waals surface area (Å²) in [6.45, 7) is 3.07. The van der Waals surface area contributed by atoms with Crippen LogP contribution in [0.5, 0.6) is 5.75 Å². The van der Waals surface area contributed by atoms with Crippen molar-refractivity contribution in [1.29, 1.82) is 0 Å². The lowest BCUT2D eigenvalue weighted by Crippen LogP contribution is -2.35. The second-order valence-electron chi connectivity index (χ2n) is 7.46. The van der Waals surface area contributed by atoms with Gasteiger partial charge in [-0.15, -0.1) is 0 Å². The molecule has 0 radical (unpaired) electrons. The van der Waals surface area contributed by atoms with E-state index in [9.17, 15) is 14.4 Å². The van der Waals surface area contributed by atoms with Crippen molar-refractivity contribution in [2.45, 2.75) is 19.8 Å². The summed E-state index contributed by atoms with van der Waals surface area (Å²) >= 11 is 3.44. The van der Waals surface area contributed by atoms with Gasteiger partial charge in [0.1, 0.15) is 11.7 Å². The lowest BCUT2D eigenvalue weighted by atomic mass is 9.75. The molecule has 32 heavy (non-hydrogen) atoms. The Kier molecular flexibility index (Phi) is 5.97. The molecule has 1 aliphatic carbocycles. The van der Waals surface area contributed by atoms with Crippen LogP contribution in [0.3, 0.4) is 0 Å². The van der Waals surface area contributed by atoms with Crippen LogP contribution < -0.4 is 4.74 Å². The summed E-state index contributed by atoms with van der Waals surface area (Å²) in [4.78, 5) is 42.3. The highest BCUT2D eigenvalue weighted by Crippen LogP contribution is 2.50. The van der Waals surface area contributed by atoms with E-state index < -0.39 is 30.4 Å². The molecule has 0 bridgehead atoms. The summed E-state index contributed by atoms with van der Waals surface area (Å²) in [6.07, 6.45) is 0. The van der Waals surface area contributed by atoms with Gasteiger partial charge in [0, 0.05) is 38.4 Å². The van der Waals surface area contributed by atoms with E-state index in [1.165, 1.54) is 0 Å². The number of hydrogen-bond acceptors (Lipinski definition) is 6. The van der Waals surface area contributed by atoms with Gasteiger partial charge in [-0.05, 0) is 32.0 Å². The second kappa shape index (κ2) is 8.70. The van der Waals surface area contributed by atoms with Crippen LogP contribution in [0.15, 0.2) is 57.5 Å². The number of nitrogens with zero attached hydrogens (tertiary/aromatic N) is 1. The molecule has 0 fully saturated rings. The summed E-state index contributed by atoms with van der Waals surface area (Å²) in [7, 11) is 0. The lowest BCUT2D eigenvalue weighted by molar-refractivity contribution is -0.146. The van der Waals surface area contributed by atoms with Crippen molar-refractivity contribution in [3.8, 4) is 5.75 Å². The minimum Gasteiger partial charge on any atom is -0.482 e. The molecule has 2 aromatic rings. The van der Waals surface area contributed by atoms with E-state index in [1.807, 2.05) is 12.1 Å². The molecular weight excluding hydrogens is 478 g/mol. The Hall–Kier alpha value is -3.26. The third-order valence-electron chi connectivity index (χ3n) is 5.51. The maximum Gasteiger partial charge on any atom is 0.341 e. The van der Waals surface area contributed by atoms with Crippen LogP contribution >= 0.6 is 15.9 Å². The SMILES string of the molecule is CCOC(=O)C1C(C)=NC2=C(C(=O)c3ccccc32)C1c1cc(Br)ccc1OCC(=O)O. The van der Waals surface area contributed by atoms with Gasteiger partial charge in [0.25, 0.3) is 0 Å². The van der Waals surface area contributed by atoms with Crippen molar-refractivity contribution in [2.75, 3.05) is 13.2 Å². The molecule has 164 valence electrons. The molecule has 8 heteroatoms. The molecule has 0 saturated carbocycles. The number of aliphatic carboxylic acids is 1. The van der Waals surface area contributed by atoms with E-state index in [4.69, 9.17) is 14.6 Å². The van der Waals surface area contributed by atoms with Crippen LogP contribution in [0.1, 0.15) is 41.3 Å². The van der Waals surface area contributed by atoms with Crippen LogP contribution in [0.25, 0.3) is 5.70 Å². The highest BCUT2D eigenvalue weighted by Gasteiger charge is 2.47. The average Bonchev–Trinajstić information content (AvgIpc) is 3.04. The number of benzene rings is 2. The number of hydrogen-bond donors (Lipinski definition) is 1. The lowest BCUT2D eigenvalue weighted by Gasteiger charge is -2.31. The summed E-state index contributed by atoms with van der Waals surface area (Å²) in [5.74, 6) is -3.17. The van der Waals surface area contributed by atoms with Gasteiger partial charge in [-0.2, -0.15) is 0 Å². The zero-order valence-corrected chi connectivity index (χ0v) is 19.0. The fourth-order valence-corrected chi connectivity index (χ4v) is 4.63. The first-order valence-electron chi connectivity index (χ1n) is 10.1. The first-order chi connectivity index (χ1) is 15.3. The Morgan fingerprint density at radius 1 is 1.16 bits per heavy atom. The minimum atomic E-state index is -1.13. The van der Waals surface area contributed by atoms with Crippen molar-refractivity contribution in [2.24, 2.45) is 10.9 Å². The van der Waals surface area contributed by atoms with E-state index in [1.54, 1.807) is 44.2 Å². The predicted octanol–water partition coefficient (Wildman–Crippen LogP) is 4.26. The van der Waals surface area contributed by atoms with Gasteiger partial charge in [-0.25, -0.2) is 4.79 Å². The number of ether oxygens (including phenoxy) is 2. The molecule has 2 aliphatic rings. The number of allylic oxidation sites excluding steroid dienone is 1. The van der Waals surface area contributed by atoms with Gasteiger partial charge < -0.3 is 14.6 Å². The van der Waals surface area contributed by atoms with Crippen LogP contribution in [-0.4, -0.2) is 41.8 Å². The fourth-order valence-electron chi connectivity index (χ4n) is 4.26. The predicted molar refractivity (Wildman–Crippen MR) is 121 cm³/mol. The van der Waals surface area contributed by atoms with Crippen molar-refractivity contribution in [1.82, 2.24) is 0 Å². The largest absolute Gasteiger partial charge is 0.482 e. The van der Waals surface area contributed by atoms with Gasteiger partial charge in [-0.3, -0.25) is 14.6 Å². The first-order valence-corrected chi connectivity index (χ1v) is 10.9. The normalized spacial score (nSPS) is 19.2. The number of fused-ring (bicyclic) bond motifs is 2. The minimum absolute atomic E-state index is 0.177. The van der Waals surface area contributed by atoms with E-state index in [2.05, 4.69) is 20.9 Å². The van der Waals surface area contributed by atoms with E-state index in [-0.39, 0.29) is 18.1 Å². The quantitative estimate of drug-likeness (QED) is 0.598. The van der Waals surface area contributed by atoms with Crippen molar-refractivity contribution in [3.05, 3.63) is 69.2 Å². The zero-order chi connectivity index (χ0) is 23.0. The summed E-state index contributed by atoms with van der Waals surface area (Å²) in [6, 6.07) is 12.3. The third-order valence-corrected chi connectivity index (χ3v) is 6.00. The third kappa shape index (κ3) is 3.75. The molecule has 2 atom stereocenters. The smallest absolute Gasteiger partial charge is 0.341 e. The molecule has 1 heterocycles. The number of aliphatic imine (C=N–C) groups is 1. The highest BCUT2D eigenvalue weighted by atomic mass is 79.9. The van der Waals surface area contributed by atoms with E-state index in [0.29, 0.717) is 38.1 Å². The number of halogens is 1. The molecule has 1 N–H and O–H groups in total. The van der Waals surface area contributed by atoms with E-state index >= 15 is 0 Å². The van der Waals surface area contributed by atoms with E-state index in [0.717, 1.165) is 0 Å². The second-order valence-corrected chi connectivity index (χ2v) is 8.38. The number of carbonyl (C=O) groups excluding carboxylic acids is 2. The Labute approximate surface area is 192 Å². The van der Waals surface area contributed by atoms with Crippen molar-refractivity contribution < 1.29 is 29.0 Å². The Bertz CT molecular complexity index is 1200.